The molecule has 0 saturated carbocycles. The summed E-state index contributed by atoms with van der Waals surface area (Å²) in [5.41, 5.74) is 5.36. The first kappa shape index (κ1) is 26.6. The number of amides is 2. The number of carbonyl (C=O) groups is 2. The van der Waals surface area contributed by atoms with E-state index in [0.29, 0.717) is 5.69 Å². The molecule has 32 heavy (non-hydrogen) atoms. The summed E-state index contributed by atoms with van der Waals surface area (Å²) < 4.78 is 5.66. The fourth-order valence-electron chi connectivity index (χ4n) is 2.85. The van der Waals surface area contributed by atoms with E-state index in [1.165, 1.54) is 16.0 Å². The fourth-order valence-corrected chi connectivity index (χ4v) is 2.85. The van der Waals surface area contributed by atoms with E-state index in [1.54, 1.807) is 18.3 Å². The maximum absolute atomic E-state index is 11.2. The molecule has 1 fully saturated rings. The van der Waals surface area contributed by atoms with Crippen molar-refractivity contribution < 1.29 is 14.3 Å². The van der Waals surface area contributed by atoms with Crippen molar-refractivity contribution in [3.05, 3.63) is 66.4 Å². The number of rotatable bonds is 4. The van der Waals surface area contributed by atoms with E-state index in [2.05, 4.69) is 36.4 Å². The van der Waals surface area contributed by atoms with E-state index in [4.69, 9.17) is 4.74 Å². The number of anilines is 1. The summed E-state index contributed by atoms with van der Waals surface area (Å²) in [6.45, 7) is 12.9. The van der Waals surface area contributed by atoms with Crippen LogP contribution in [0.4, 0.5) is 5.69 Å². The second kappa shape index (κ2) is 14.6. The second-order valence-electron chi connectivity index (χ2n) is 6.41. The molecule has 1 aliphatic rings. The van der Waals surface area contributed by atoms with Gasteiger partial charge in [-0.05, 0) is 43.2 Å². The highest BCUT2D eigenvalue weighted by Gasteiger charge is 2.27. The van der Waals surface area contributed by atoms with Crippen LogP contribution in [0.15, 0.2) is 60.8 Å². The Morgan fingerprint density at radius 1 is 0.969 bits per heavy atom. The van der Waals surface area contributed by atoms with Crippen molar-refractivity contribution in [3.63, 3.8) is 0 Å². The van der Waals surface area contributed by atoms with Crippen LogP contribution in [0.25, 0.3) is 10.9 Å². The molecule has 1 N–H and O–H groups in total. The summed E-state index contributed by atoms with van der Waals surface area (Å²) in [5.74, 6) is 0.420. The number of fused-ring (bicyclic) bond motifs is 1. The number of nitrogens with zero attached hydrogens (tertiary/aromatic N) is 2. The predicted octanol–water partition coefficient (Wildman–Crippen LogP) is 5.84. The molecule has 2 amide bonds. The Hall–Kier alpha value is -3.41. The molecule has 0 spiro atoms. The topological polar surface area (TPSA) is 71.5 Å². The number of nitrogens with one attached hydrogen (secondary N) is 1. The standard InChI is InChI=1S/C13H15NO.C9H8N2O2.2C2H6/c1-3-9-15-12-7-6-10(2)11-5-4-8-14-13(11)12;12-8-6-9(13)11(10-8)7-4-2-1-3-5-7;2*1-2/h4-8H,3,9H2,1-2H3;1-5H,6H2,(H,10,12);2*1-2H3. The van der Waals surface area contributed by atoms with Crippen molar-refractivity contribution >= 4 is 28.4 Å². The number of hydrazine groups is 1. The van der Waals surface area contributed by atoms with Gasteiger partial charge in [0.2, 0.25) is 5.91 Å². The van der Waals surface area contributed by atoms with E-state index >= 15 is 0 Å². The van der Waals surface area contributed by atoms with Crippen molar-refractivity contribution in [1.82, 2.24) is 10.4 Å². The Labute approximate surface area is 191 Å². The van der Waals surface area contributed by atoms with Crippen molar-refractivity contribution in [3.8, 4) is 5.75 Å². The average molecular weight is 438 g/mol. The molecule has 0 aliphatic carbocycles. The highest BCUT2D eigenvalue weighted by Crippen LogP contribution is 2.26. The Kier molecular flexibility index (Phi) is 12.1. The van der Waals surface area contributed by atoms with Gasteiger partial charge in [-0.1, -0.05) is 65.0 Å². The van der Waals surface area contributed by atoms with E-state index in [9.17, 15) is 9.59 Å². The Morgan fingerprint density at radius 2 is 1.66 bits per heavy atom. The number of ether oxygens (including phenoxy) is 1. The largest absolute Gasteiger partial charge is 0.491 e. The number of hydrogen-bond acceptors (Lipinski definition) is 4. The van der Waals surface area contributed by atoms with Crippen LogP contribution in [0.1, 0.15) is 53.0 Å². The van der Waals surface area contributed by atoms with Crippen LogP contribution in [0.3, 0.4) is 0 Å². The van der Waals surface area contributed by atoms with Crippen LogP contribution in [0, 0.1) is 6.92 Å². The Balaban J connectivity index is 0.000000279. The molecule has 172 valence electrons. The van der Waals surface area contributed by atoms with Gasteiger partial charge in [-0.25, -0.2) is 5.01 Å². The minimum atomic E-state index is -0.256. The highest BCUT2D eigenvalue weighted by atomic mass is 16.5. The third-order valence-electron chi connectivity index (χ3n) is 4.22. The Morgan fingerprint density at radius 3 is 2.25 bits per heavy atom. The first-order valence-corrected chi connectivity index (χ1v) is 11.2. The molecule has 6 nitrogen and oxygen atoms in total. The smallest absolute Gasteiger partial charge is 0.255 e. The molecular formula is C26H35N3O3. The van der Waals surface area contributed by atoms with Crippen LogP contribution >= 0.6 is 0 Å². The quantitative estimate of drug-likeness (QED) is 0.521. The predicted molar refractivity (Wildman–Crippen MR) is 132 cm³/mol. The average Bonchev–Trinajstić information content (AvgIpc) is 3.20. The first-order chi connectivity index (χ1) is 15.6. The molecule has 6 heteroatoms. The lowest BCUT2D eigenvalue weighted by Gasteiger charge is -2.14. The summed E-state index contributed by atoms with van der Waals surface area (Å²) in [5, 5.41) is 2.44. The molecule has 1 aliphatic heterocycles. The zero-order chi connectivity index (χ0) is 23.9. The minimum absolute atomic E-state index is 0.0606. The van der Waals surface area contributed by atoms with Crippen LogP contribution in [-0.4, -0.2) is 23.4 Å². The number of pyridine rings is 1. The van der Waals surface area contributed by atoms with Crippen molar-refractivity contribution in [1.29, 1.82) is 0 Å². The first-order valence-electron chi connectivity index (χ1n) is 11.2. The summed E-state index contributed by atoms with van der Waals surface area (Å²) in [4.78, 5) is 26.5. The molecule has 0 bridgehead atoms. The lowest BCUT2D eigenvalue weighted by atomic mass is 10.1. The number of aryl methyl sites for hydroxylation is 1. The van der Waals surface area contributed by atoms with Crippen molar-refractivity contribution in [2.75, 3.05) is 11.6 Å². The number of carbonyl (C=O) groups excluding carboxylic acids is 2. The molecule has 0 unspecified atom stereocenters. The van der Waals surface area contributed by atoms with E-state index in [1.807, 2.05) is 58.0 Å². The monoisotopic (exact) mass is 437 g/mol. The van der Waals surface area contributed by atoms with Crippen LogP contribution in [-0.2, 0) is 9.59 Å². The van der Waals surface area contributed by atoms with Crippen LogP contribution in [0.5, 0.6) is 5.75 Å². The zero-order valence-corrected chi connectivity index (χ0v) is 20.0. The zero-order valence-electron chi connectivity index (χ0n) is 20.0. The van der Waals surface area contributed by atoms with Gasteiger partial charge in [0.1, 0.15) is 17.7 Å². The van der Waals surface area contributed by atoms with E-state index in [-0.39, 0.29) is 18.2 Å². The number of benzene rings is 2. The highest BCUT2D eigenvalue weighted by molar-refractivity contribution is 6.11. The Bertz CT molecular complexity index is 974. The minimum Gasteiger partial charge on any atom is -0.491 e. The molecule has 0 atom stereocenters. The lowest BCUT2D eigenvalue weighted by Crippen LogP contribution is -2.35. The summed E-state index contributed by atoms with van der Waals surface area (Å²) >= 11 is 0. The molecule has 2 aromatic carbocycles. The van der Waals surface area contributed by atoms with Gasteiger partial charge in [-0.15, -0.1) is 0 Å². The number of hydrogen-bond donors (Lipinski definition) is 1. The van der Waals surface area contributed by atoms with Gasteiger partial charge in [-0.2, -0.15) is 0 Å². The van der Waals surface area contributed by atoms with Gasteiger partial charge >= 0.3 is 0 Å². The summed E-state index contributed by atoms with van der Waals surface area (Å²) in [7, 11) is 0. The fraction of sp³-hybridized carbons (Fsp3) is 0.346. The summed E-state index contributed by atoms with van der Waals surface area (Å²) in [6, 6.07) is 17.1. The molecule has 1 aromatic heterocycles. The molecule has 4 rings (SSSR count). The maximum atomic E-state index is 11.2. The third-order valence-corrected chi connectivity index (χ3v) is 4.22. The number of para-hydroxylation sites is 1. The maximum Gasteiger partial charge on any atom is 0.255 e. The van der Waals surface area contributed by atoms with Gasteiger partial charge in [0, 0.05) is 11.6 Å². The van der Waals surface area contributed by atoms with Crippen molar-refractivity contribution in [2.24, 2.45) is 0 Å². The number of aromatic nitrogens is 1. The van der Waals surface area contributed by atoms with Gasteiger partial charge in [0.25, 0.3) is 5.91 Å². The SMILES string of the molecule is CC.CC.CCCOc1ccc(C)c2cccnc12.O=C1CC(=O)N(c2ccccc2)N1. The molecular weight excluding hydrogens is 402 g/mol. The van der Waals surface area contributed by atoms with Crippen LogP contribution < -0.4 is 15.2 Å². The van der Waals surface area contributed by atoms with Gasteiger partial charge in [0.15, 0.2) is 0 Å². The van der Waals surface area contributed by atoms with E-state index < -0.39 is 0 Å². The lowest BCUT2D eigenvalue weighted by molar-refractivity contribution is -0.122. The van der Waals surface area contributed by atoms with Crippen LogP contribution in [0.2, 0.25) is 0 Å². The molecule has 1 saturated heterocycles. The van der Waals surface area contributed by atoms with E-state index in [0.717, 1.165) is 24.3 Å². The molecule has 2 heterocycles. The van der Waals surface area contributed by atoms with Crippen molar-refractivity contribution in [2.45, 2.75) is 54.4 Å². The summed E-state index contributed by atoms with van der Waals surface area (Å²) in [6.07, 6.45) is 2.76. The van der Waals surface area contributed by atoms with Gasteiger partial charge in [-0.3, -0.25) is 20.0 Å². The molecule has 3 aromatic rings. The normalized spacial score (nSPS) is 11.9. The van der Waals surface area contributed by atoms with Gasteiger partial charge in [0.05, 0.1) is 12.3 Å². The second-order valence-corrected chi connectivity index (χ2v) is 6.41. The molecule has 0 radical (unpaired) electrons. The van der Waals surface area contributed by atoms with Gasteiger partial charge < -0.3 is 4.74 Å². The third kappa shape index (κ3) is 7.38.